The number of pyridine rings is 1. The van der Waals surface area contributed by atoms with Crippen LogP contribution in [0.3, 0.4) is 0 Å². The largest absolute Gasteiger partial charge is 0.417 e. The molecule has 1 aliphatic rings. The lowest BCUT2D eigenvalue weighted by molar-refractivity contribution is -0.137. The first-order valence-corrected chi connectivity index (χ1v) is 11.6. The van der Waals surface area contributed by atoms with E-state index < -0.39 is 17.8 Å². The third-order valence-electron chi connectivity index (χ3n) is 6.40. The molecule has 0 saturated carbocycles. The zero-order valence-corrected chi connectivity index (χ0v) is 19.7. The van der Waals surface area contributed by atoms with Crippen LogP contribution in [0.15, 0.2) is 36.9 Å². The summed E-state index contributed by atoms with van der Waals surface area (Å²) in [5.41, 5.74) is 0.457. The quantitative estimate of drug-likeness (QED) is 0.519. The number of aliphatic hydroxyl groups excluding tert-OH is 1. The summed E-state index contributed by atoms with van der Waals surface area (Å²) in [5.74, 6) is 0.795. The number of fused-ring (bicyclic) bond motifs is 1. The normalized spacial score (nSPS) is 19.3. The minimum absolute atomic E-state index is 0.0332. The summed E-state index contributed by atoms with van der Waals surface area (Å²) >= 11 is 0. The molecule has 0 aliphatic carbocycles. The van der Waals surface area contributed by atoms with Gasteiger partial charge in [-0.15, -0.1) is 0 Å². The van der Waals surface area contributed by atoms with Crippen LogP contribution >= 0.6 is 0 Å². The Morgan fingerprint density at radius 1 is 1.23 bits per heavy atom. The molecule has 3 aromatic heterocycles. The van der Waals surface area contributed by atoms with Crippen molar-refractivity contribution in [2.45, 2.75) is 45.6 Å². The van der Waals surface area contributed by atoms with Crippen molar-refractivity contribution in [2.75, 3.05) is 31.1 Å². The summed E-state index contributed by atoms with van der Waals surface area (Å²) in [6, 6.07) is 4.34. The third kappa shape index (κ3) is 5.79. The van der Waals surface area contributed by atoms with Gasteiger partial charge in [-0.05, 0) is 45.0 Å². The molecule has 4 heterocycles. The van der Waals surface area contributed by atoms with Gasteiger partial charge >= 0.3 is 6.18 Å². The van der Waals surface area contributed by atoms with Crippen LogP contribution in [0, 0.1) is 5.92 Å². The van der Waals surface area contributed by atoms with Crippen LogP contribution in [0.5, 0.6) is 0 Å². The topological polar surface area (TPSA) is 87.4 Å². The highest BCUT2D eigenvalue weighted by Crippen LogP contribution is 2.30. The van der Waals surface area contributed by atoms with Gasteiger partial charge in [-0.2, -0.15) is 13.2 Å². The zero-order valence-electron chi connectivity index (χ0n) is 19.7. The minimum Gasteiger partial charge on any atom is -0.391 e. The van der Waals surface area contributed by atoms with Gasteiger partial charge in [0.05, 0.1) is 35.8 Å². The van der Waals surface area contributed by atoms with Crippen molar-refractivity contribution in [3.05, 3.63) is 48.2 Å². The van der Waals surface area contributed by atoms with Crippen LogP contribution in [-0.4, -0.2) is 67.6 Å². The van der Waals surface area contributed by atoms with Gasteiger partial charge in [0.2, 0.25) is 0 Å². The van der Waals surface area contributed by atoms with Crippen molar-refractivity contribution >= 4 is 22.6 Å². The number of nitrogens with zero attached hydrogens (tertiary/aromatic N) is 6. The highest BCUT2D eigenvalue weighted by Gasteiger charge is 2.31. The molecule has 35 heavy (non-hydrogen) atoms. The Labute approximate surface area is 201 Å². The van der Waals surface area contributed by atoms with Gasteiger partial charge in [-0.1, -0.05) is 0 Å². The molecule has 0 bridgehead atoms. The molecule has 1 fully saturated rings. The van der Waals surface area contributed by atoms with E-state index in [1.165, 1.54) is 12.4 Å². The van der Waals surface area contributed by atoms with Crippen LogP contribution in [0.2, 0.25) is 0 Å². The average molecular weight is 491 g/mol. The lowest BCUT2D eigenvalue weighted by Crippen LogP contribution is -2.46. The molecule has 0 amide bonds. The highest BCUT2D eigenvalue weighted by molar-refractivity contribution is 5.87. The van der Waals surface area contributed by atoms with E-state index in [0.29, 0.717) is 44.2 Å². The second kappa shape index (κ2) is 10.3. The fraction of sp³-hybridized carbons (Fsp3) is 0.500. The van der Waals surface area contributed by atoms with Crippen molar-refractivity contribution in [3.8, 4) is 0 Å². The summed E-state index contributed by atoms with van der Waals surface area (Å²) in [7, 11) is 0. The van der Waals surface area contributed by atoms with Crippen molar-refractivity contribution in [1.82, 2.24) is 24.4 Å². The first-order chi connectivity index (χ1) is 16.7. The smallest absolute Gasteiger partial charge is 0.391 e. The van der Waals surface area contributed by atoms with E-state index in [1.807, 2.05) is 33.6 Å². The summed E-state index contributed by atoms with van der Waals surface area (Å²) in [6.07, 6.45) is 0.0503. The number of carbonyl (C=O) groups excluding carboxylic acids is 1. The first kappa shape index (κ1) is 25.1. The fourth-order valence-corrected chi connectivity index (χ4v) is 4.58. The molecule has 2 atom stereocenters. The van der Waals surface area contributed by atoms with Crippen LogP contribution in [0.1, 0.15) is 31.5 Å². The van der Waals surface area contributed by atoms with Crippen molar-refractivity contribution in [2.24, 2.45) is 5.92 Å². The van der Waals surface area contributed by atoms with E-state index in [9.17, 15) is 23.1 Å². The summed E-state index contributed by atoms with van der Waals surface area (Å²) in [6.45, 7) is 6.54. The Bertz CT molecular complexity index is 1160. The molecular weight excluding hydrogens is 461 g/mol. The molecule has 4 rings (SSSR count). The van der Waals surface area contributed by atoms with Crippen LogP contribution in [0.25, 0.3) is 11.0 Å². The van der Waals surface area contributed by atoms with Gasteiger partial charge in [0, 0.05) is 37.9 Å². The summed E-state index contributed by atoms with van der Waals surface area (Å²) < 4.78 is 40.6. The SMILES string of the molecule is CCN(Cc1ccc(C(F)(F)F)cn1)c1ncnc2c1ccn2CC1CCN(CC(C)=O)C[C@@H]1O. The minimum atomic E-state index is -4.42. The third-order valence-corrected chi connectivity index (χ3v) is 6.40. The fourth-order valence-electron chi connectivity index (χ4n) is 4.58. The average Bonchev–Trinajstić information content (AvgIpc) is 3.21. The number of piperidine rings is 1. The number of carbonyl (C=O) groups is 1. The van der Waals surface area contributed by atoms with E-state index in [2.05, 4.69) is 15.0 Å². The Kier molecular flexibility index (Phi) is 7.36. The number of ketones is 1. The number of likely N-dealkylation sites (tertiary alicyclic amines) is 1. The van der Waals surface area contributed by atoms with E-state index >= 15 is 0 Å². The standard InChI is InChI=1S/C24H29F3N6O2/c1-3-32(13-19-5-4-18(10-28-19)24(25,26)27)22-20-7-9-33(23(20)30-15-29-22)12-17-6-8-31(11-16(2)34)14-21(17)35/h4-5,7,9-10,15,17,21,35H,3,6,8,11-14H2,1-2H3/t17?,21-/m0/s1. The molecule has 11 heteroatoms. The number of aromatic nitrogens is 4. The highest BCUT2D eigenvalue weighted by atomic mass is 19.4. The maximum Gasteiger partial charge on any atom is 0.417 e. The zero-order chi connectivity index (χ0) is 25.2. The van der Waals surface area contributed by atoms with Crippen LogP contribution in [0.4, 0.5) is 19.0 Å². The molecule has 0 spiro atoms. The number of β-amino-alcohol motifs (C(OH)–C–C–N with tert-alkyl or cyclic N) is 1. The van der Waals surface area contributed by atoms with Crippen LogP contribution in [-0.2, 0) is 24.1 Å². The number of hydrogen-bond acceptors (Lipinski definition) is 7. The van der Waals surface area contributed by atoms with E-state index in [0.717, 1.165) is 36.3 Å². The monoisotopic (exact) mass is 490 g/mol. The number of hydrogen-bond donors (Lipinski definition) is 1. The van der Waals surface area contributed by atoms with Crippen molar-refractivity contribution in [3.63, 3.8) is 0 Å². The molecule has 8 nitrogen and oxygen atoms in total. The summed E-state index contributed by atoms with van der Waals surface area (Å²) in [4.78, 5) is 28.2. The Morgan fingerprint density at radius 3 is 2.66 bits per heavy atom. The number of rotatable bonds is 8. The van der Waals surface area contributed by atoms with Crippen molar-refractivity contribution in [1.29, 1.82) is 0 Å². The first-order valence-electron chi connectivity index (χ1n) is 11.6. The van der Waals surface area contributed by atoms with E-state index in [4.69, 9.17) is 0 Å². The Balaban J connectivity index is 1.50. The second-order valence-corrected chi connectivity index (χ2v) is 9.01. The molecule has 1 N–H and O–H groups in total. The lowest BCUT2D eigenvalue weighted by atomic mass is 9.93. The van der Waals surface area contributed by atoms with Crippen LogP contribution < -0.4 is 4.90 Å². The van der Waals surface area contributed by atoms with Gasteiger partial charge in [0.15, 0.2) is 0 Å². The molecule has 0 aromatic carbocycles. The predicted octanol–water partition coefficient (Wildman–Crippen LogP) is 3.14. The number of anilines is 1. The number of aliphatic hydroxyl groups is 1. The molecule has 1 saturated heterocycles. The van der Waals surface area contributed by atoms with Gasteiger partial charge in [-0.25, -0.2) is 9.97 Å². The molecule has 0 radical (unpaired) electrons. The number of alkyl halides is 3. The van der Waals surface area contributed by atoms with Gasteiger partial charge in [0.1, 0.15) is 23.6 Å². The van der Waals surface area contributed by atoms with E-state index in [1.54, 1.807) is 6.92 Å². The molecule has 188 valence electrons. The Morgan fingerprint density at radius 2 is 2.03 bits per heavy atom. The van der Waals surface area contributed by atoms with Crippen molar-refractivity contribution < 1.29 is 23.1 Å². The van der Waals surface area contributed by atoms with Gasteiger partial charge < -0.3 is 14.6 Å². The molecular formula is C24H29F3N6O2. The van der Waals surface area contributed by atoms with E-state index in [-0.39, 0.29) is 11.7 Å². The molecule has 1 aliphatic heterocycles. The predicted molar refractivity (Wildman–Crippen MR) is 125 cm³/mol. The second-order valence-electron chi connectivity index (χ2n) is 9.01. The Hall–Kier alpha value is -3.05. The number of Topliss-reactive ketones (excluding diaryl/α,β-unsaturated/α-hetero) is 1. The maximum absolute atomic E-state index is 12.9. The maximum atomic E-state index is 12.9. The molecule has 1 unspecified atom stereocenters. The summed E-state index contributed by atoms with van der Waals surface area (Å²) in [5, 5.41) is 11.5. The van der Waals surface area contributed by atoms with Gasteiger partial charge in [0.25, 0.3) is 0 Å². The lowest BCUT2D eigenvalue weighted by Gasteiger charge is -2.35. The van der Waals surface area contributed by atoms with Gasteiger partial charge in [-0.3, -0.25) is 14.7 Å². The number of halogens is 3. The molecule has 3 aromatic rings.